The van der Waals surface area contributed by atoms with Crippen LogP contribution in [0, 0.1) is 6.92 Å². The van der Waals surface area contributed by atoms with E-state index in [-0.39, 0.29) is 0 Å². The molecule has 0 atom stereocenters. The Balaban J connectivity index is 1.66. The van der Waals surface area contributed by atoms with Crippen LogP contribution in [0.4, 0.5) is 5.82 Å². The van der Waals surface area contributed by atoms with E-state index < -0.39 is 0 Å². The molecular weight excluding hydrogens is 386 g/mol. The quantitative estimate of drug-likeness (QED) is 0.572. The molecule has 0 spiro atoms. The average Bonchev–Trinajstić information content (AvgIpc) is 3.04. The number of hydrogen-bond donors (Lipinski definition) is 2. The number of pyridine rings is 1. The van der Waals surface area contributed by atoms with Gasteiger partial charge in [-0.25, -0.2) is 9.97 Å². The molecule has 0 saturated carbocycles. The third kappa shape index (κ3) is 4.28. The number of aromatic nitrogens is 3. The predicted octanol–water partition coefficient (Wildman–Crippen LogP) is 3.63. The van der Waals surface area contributed by atoms with Gasteiger partial charge in [-0.05, 0) is 43.7 Å². The third-order valence-corrected chi connectivity index (χ3v) is 5.97. The van der Waals surface area contributed by atoms with Crippen molar-refractivity contribution in [2.24, 2.45) is 0 Å². The molecule has 7 nitrogen and oxygen atoms in total. The number of benzene rings is 1. The van der Waals surface area contributed by atoms with Gasteiger partial charge in [0.1, 0.15) is 18.7 Å². The summed E-state index contributed by atoms with van der Waals surface area (Å²) >= 11 is 1.62. The van der Waals surface area contributed by atoms with E-state index >= 15 is 0 Å². The highest BCUT2D eigenvalue weighted by Crippen LogP contribution is 2.40. The summed E-state index contributed by atoms with van der Waals surface area (Å²) in [6.45, 7) is 9.36. The number of imidazole rings is 1. The van der Waals surface area contributed by atoms with Crippen LogP contribution in [0.5, 0.6) is 11.5 Å². The van der Waals surface area contributed by atoms with Gasteiger partial charge in [0.05, 0.1) is 5.52 Å². The molecule has 2 aromatic heterocycles. The minimum absolute atomic E-state index is 0.460. The van der Waals surface area contributed by atoms with Gasteiger partial charge in [0.2, 0.25) is 0 Å². The zero-order chi connectivity index (χ0) is 20.4. The van der Waals surface area contributed by atoms with Gasteiger partial charge in [-0.2, -0.15) is 0 Å². The summed E-state index contributed by atoms with van der Waals surface area (Å²) in [5, 5.41) is 4.38. The molecular formula is C21H27N5O2S. The zero-order valence-corrected chi connectivity index (χ0v) is 17.9. The summed E-state index contributed by atoms with van der Waals surface area (Å²) in [4.78, 5) is 10.1. The van der Waals surface area contributed by atoms with Crippen LogP contribution in [0.1, 0.15) is 25.8 Å². The lowest BCUT2D eigenvalue weighted by atomic mass is 10.2. The fourth-order valence-corrected chi connectivity index (χ4v) is 4.37. The van der Waals surface area contributed by atoms with Crippen molar-refractivity contribution in [3.63, 3.8) is 0 Å². The summed E-state index contributed by atoms with van der Waals surface area (Å²) in [7, 11) is 0. The van der Waals surface area contributed by atoms with E-state index in [0.717, 1.165) is 57.7 Å². The number of hydrogen-bond acceptors (Lipinski definition) is 7. The first-order valence-electron chi connectivity index (χ1n) is 9.95. The molecule has 4 rings (SSSR count). The second kappa shape index (κ2) is 8.51. The van der Waals surface area contributed by atoms with Crippen molar-refractivity contribution in [2.45, 2.75) is 49.8 Å². The lowest BCUT2D eigenvalue weighted by Gasteiger charge is -2.20. The average molecular weight is 414 g/mol. The second-order valence-corrected chi connectivity index (χ2v) is 8.44. The van der Waals surface area contributed by atoms with Gasteiger partial charge < -0.3 is 25.1 Å². The number of fused-ring (bicyclic) bond motifs is 2. The number of nitrogens with one attached hydrogen (secondary N) is 1. The van der Waals surface area contributed by atoms with Gasteiger partial charge in [-0.1, -0.05) is 25.6 Å². The summed E-state index contributed by atoms with van der Waals surface area (Å²) in [5.41, 5.74) is 9.00. The summed E-state index contributed by atoms with van der Waals surface area (Å²) in [5.74, 6) is 2.05. The molecule has 3 heterocycles. The molecule has 0 amide bonds. The third-order valence-electron chi connectivity index (χ3n) is 4.81. The molecule has 154 valence electrons. The minimum atomic E-state index is 0.460. The standard InChI is InChI=1S/C21H27N5O2S/c1-13(2)23-6-4-8-26-15-5-7-24-20(22)19(15)25-21(26)29-18-12-17-16(11-14(18)3)27-9-10-28-17/h5,7,11-13,23H,4,6,8-10H2,1-3H3,(H2,22,24). The van der Waals surface area contributed by atoms with E-state index in [1.54, 1.807) is 18.0 Å². The Bertz CT molecular complexity index is 1020. The fourth-order valence-electron chi connectivity index (χ4n) is 3.35. The number of nitrogens with two attached hydrogens (primary N) is 1. The van der Waals surface area contributed by atoms with Crippen LogP contribution in [-0.2, 0) is 6.54 Å². The molecule has 1 aliphatic heterocycles. The summed E-state index contributed by atoms with van der Waals surface area (Å²) in [6.07, 6.45) is 2.74. The highest BCUT2D eigenvalue weighted by Gasteiger charge is 2.19. The topological polar surface area (TPSA) is 87.2 Å². The van der Waals surface area contributed by atoms with E-state index in [1.165, 1.54) is 0 Å². The van der Waals surface area contributed by atoms with Crippen LogP contribution in [0.3, 0.4) is 0 Å². The van der Waals surface area contributed by atoms with Crippen LogP contribution in [0.25, 0.3) is 11.0 Å². The maximum atomic E-state index is 6.10. The van der Waals surface area contributed by atoms with Crippen LogP contribution in [-0.4, -0.2) is 40.3 Å². The molecule has 3 aromatic rings. The Morgan fingerprint density at radius 2 is 2.00 bits per heavy atom. The first kappa shape index (κ1) is 19.8. The van der Waals surface area contributed by atoms with Crippen LogP contribution in [0.2, 0.25) is 0 Å². The van der Waals surface area contributed by atoms with Crippen molar-refractivity contribution < 1.29 is 9.47 Å². The predicted molar refractivity (Wildman–Crippen MR) is 116 cm³/mol. The lowest BCUT2D eigenvalue weighted by Crippen LogP contribution is -2.24. The van der Waals surface area contributed by atoms with Crippen molar-refractivity contribution in [3.8, 4) is 11.5 Å². The Labute approximate surface area is 175 Å². The van der Waals surface area contributed by atoms with Crippen LogP contribution < -0.4 is 20.5 Å². The first-order chi connectivity index (χ1) is 14.0. The molecule has 0 aliphatic carbocycles. The number of nitrogens with zero attached hydrogens (tertiary/aromatic N) is 3. The van der Waals surface area contributed by atoms with Gasteiger partial charge in [-0.3, -0.25) is 0 Å². The van der Waals surface area contributed by atoms with Gasteiger partial charge in [0, 0.05) is 23.7 Å². The molecule has 1 aliphatic rings. The molecule has 0 saturated heterocycles. The number of ether oxygens (including phenoxy) is 2. The molecule has 1 aromatic carbocycles. The molecule has 0 unspecified atom stereocenters. The van der Waals surface area contributed by atoms with Crippen LogP contribution in [0.15, 0.2) is 34.4 Å². The second-order valence-electron chi connectivity index (χ2n) is 7.44. The van der Waals surface area contributed by atoms with Crippen molar-refractivity contribution in [1.82, 2.24) is 19.9 Å². The van der Waals surface area contributed by atoms with Crippen LogP contribution >= 0.6 is 11.8 Å². The molecule has 3 N–H and O–H groups in total. The molecule has 29 heavy (non-hydrogen) atoms. The van der Waals surface area contributed by atoms with Crippen molar-refractivity contribution in [3.05, 3.63) is 30.0 Å². The van der Waals surface area contributed by atoms with E-state index in [9.17, 15) is 0 Å². The smallest absolute Gasteiger partial charge is 0.174 e. The van der Waals surface area contributed by atoms with Gasteiger partial charge >= 0.3 is 0 Å². The van der Waals surface area contributed by atoms with Crippen molar-refractivity contribution in [1.29, 1.82) is 0 Å². The fraction of sp³-hybridized carbons (Fsp3) is 0.429. The first-order valence-corrected chi connectivity index (χ1v) is 10.8. The summed E-state index contributed by atoms with van der Waals surface area (Å²) < 4.78 is 13.7. The normalized spacial score (nSPS) is 13.4. The van der Waals surface area contributed by atoms with E-state index in [2.05, 4.69) is 35.6 Å². The molecule has 0 fully saturated rings. The Kier molecular flexibility index (Phi) is 5.82. The Hall–Kier alpha value is -2.45. The van der Waals surface area contributed by atoms with Gasteiger partial charge in [0.25, 0.3) is 0 Å². The zero-order valence-electron chi connectivity index (χ0n) is 17.1. The lowest BCUT2D eigenvalue weighted by molar-refractivity contribution is 0.171. The molecule has 0 bridgehead atoms. The monoisotopic (exact) mass is 413 g/mol. The summed E-state index contributed by atoms with van der Waals surface area (Å²) in [6, 6.07) is 6.53. The minimum Gasteiger partial charge on any atom is -0.486 e. The molecule has 8 heteroatoms. The maximum Gasteiger partial charge on any atom is 0.174 e. The Morgan fingerprint density at radius 3 is 2.76 bits per heavy atom. The van der Waals surface area contributed by atoms with E-state index in [1.807, 2.05) is 18.2 Å². The number of rotatable bonds is 7. The van der Waals surface area contributed by atoms with E-state index in [0.29, 0.717) is 25.1 Å². The highest BCUT2D eigenvalue weighted by molar-refractivity contribution is 7.99. The van der Waals surface area contributed by atoms with E-state index in [4.69, 9.17) is 20.2 Å². The number of anilines is 1. The number of nitrogen functional groups attached to an aromatic ring is 1. The molecule has 0 radical (unpaired) electrons. The van der Waals surface area contributed by atoms with Crippen molar-refractivity contribution in [2.75, 3.05) is 25.5 Å². The Morgan fingerprint density at radius 1 is 1.24 bits per heavy atom. The van der Waals surface area contributed by atoms with Crippen molar-refractivity contribution >= 4 is 28.6 Å². The largest absolute Gasteiger partial charge is 0.486 e. The SMILES string of the molecule is Cc1cc2c(cc1Sc1nc3c(N)nccc3n1CCCNC(C)C)OCCO2. The van der Waals surface area contributed by atoms with Gasteiger partial charge in [-0.15, -0.1) is 0 Å². The highest BCUT2D eigenvalue weighted by atomic mass is 32.2. The maximum absolute atomic E-state index is 6.10. The number of aryl methyl sites for hydroxylation is 2. The van der Waals surface area contributed by atoms with Gasteiger partial charge in [0.15, 0.2) is 22.5 Å².